The highest BCUT2D eigenvalue weighted by Gasteiger charge is 2.72. The molecule has 11 rings (SSSR count). The number of aliphatic hydroxyl groups excluding tert-OH is 14. The monoisotopic (exact) mass is 1400 g/mol. The summed E-state index contributed by atoms with van der Waals surface area (Å²) in [4.78, 5) is 25.7. The minimum atomic E-state index is -1.93. The summed E-state index contributed by atoms with van der Waals surface area (Å²) in [5.41, 5.74) is -1.53. The Morgan fingerprint density at radius 2 is 1.14 bits per heavy atom. The van der Waals surface area contributed by atoms with Crippen LogP contribution in [-0.2, 0) is 57.0 Å². The maximum absolute atomic E-state index is 15.4. The maximum Gasteiger partial charge on any atom is 0.328 e. The first-order chi connectivity index (χ1) is 45.9. The normalized spacial score (nSPS) is 48.3. The molecule has 5 heterocycles. The summed E-state index contributed by atoms with van der Waals surface area (Å²) in [5, 5.41) is 161. The van der Waals surface area contributed by atoms with E-state index in [2.05, 4.69) is 54.5 Å². The largest absolute Gasteiger partial charge is 0.493 e. The van der Waals surface area contributed by atoms with Gasteiger partial charge < -0.3 is 133 Å². The van der Waals surface area contributed by atoms with Crippen LogP contribution in [0, 0.1) is 50.2 Å². The van der Waals surface area contributed by atoms with E-state index in [9.17, 15) is 76.3 Å². The number of fused-ring (bicyclic) bond motifs is 7. The quantitative estimate of drug-likeness (QED) is 0.0472. The van der Waals surface area contributed by atoms with Gasteiger partial charge in [-0.25, -0.2) is 4.79 Å². The zero-order valence-corrected chi connectivity index (χ0v) is 57.5. The average molecular weight is 1400 g/mol. The van der Waals surface area contributed by atoms with Crippen molar-refractivity contribution in [1.82, 2.24) is 0 Å². The summed E-state index contributed by atoms with van der Waals surface area (Å²) in [6.45, 7) is 17.2. The molecule has 1 aromatic rings. The molecule has 5 aliphatic carbocycles. The van der Waals surface area contributed by atoms with E-state index in [1.54, 1.807) is 32.2 Å². The van der Waals surface area contributed by atoms with Crippen LogP contribution in [0.5, 0.6) is 11.5 Å². The van der Waals surface area contributed by atoms with Crippen LogP contribution in [0.1, 0.15) is 126 Å². The number of aliphatic hydroxyl groups is 14. The molecule has 0 radical (unpaired) electrons. The van der Waals surface area contributed by atoms with Gasteiger partial charge in [-0.3, -0.25) is 4.79 Å². The van der Waals surface area contributed by atoms with Crippen LogP contribution >= 0.6 is 0 Å². The predicted octanol–water partition coefficient (Wildman–Crippen LogP) is -0.105. The molecule has 29 nitrogen and oxygen atoms in total. The second kappa shape index (κ2) is 29.5. The van der Waals surface area contributed by atoms with E-state index in [1.165, 1.54) is 20.1 Å². The molecule has 98 heavy (non-hydrogen) atoms. The number of carboxylic acids is 1. The highest BCUT2D eigenvalue weighted by molar-refractivity contribution is 5.85. The number of carbonyl (C=O) groups is 2. The number of allylic oxidation sites excluding steroid dienone is 2. The minimum absolute atomic E-state index is 0.129. The topological polar surface area (TPSA) is 448 Å². The number of aliphatic carboxylic acids is 1. The van der Waals surface area contributed by atoms with Crippen LogP contribution < -0.4 is 9.47 Å². The number of methoxy groups -OCH3 is 2. The standard InChI is InChI=1S/C58H94O25.C11H12O4/c1-23-44(80-47-40(69)34(63)27(60)21-74-47)38(67)42(71)48(76-23)79-33-13-14-55(7)30(54(33,5)6)12-15-56(8)31(55)11-10-25-26-18-53(3,4)16-17-58(26,32(62)19-57(25,56)9)52(73)83-51-46(35(64)28(61)22-75-51)82-49-43(72)39(68)45(24(2)77-49)81-50-41(70)37(66)36(65)29(20-59)78-50;1-14-9-5-3-8(4-6-11(12)13)7-10(9)15-2/h10,23-24,26-51,59-72H,11-22H2,1-9H3;3-7H,1-2H3,(H,12,13). The molecule has 5 saturated heterocycles. The van der Waals surface area contributed by atoms with E-state index in [1.807, 2.05) is 0 Å². The van der Waals surface area contributed by atoms with Gasteiger partial charge in [0.1, 0.15) is 97.0 Å². The van der Waals surface area contributed by atoms with Gasteiger partial charge in [-0.2, -0.15) is 0 Å². The molecular formula is C69H106O29. The average Bonchev–Trinajstić information content (AvgIpc) is 0.671. The lowest BCUT2D eigenvalue weighted by Gasteiger charge is -2.71. The van der Waals surface area contributed by atoms with Crippen LogP contribution in [0.4, 0.5) is 0 Å². The Bertz CT molecular complexity index is 2980. The Balaban J connectivity index is 0.000000614. The molecule has 0 amide bonds. The summed E-state index contributed by atoms with van der Waals surface area (Å²) >= 11 is 0. The fraction of sp³-hybridized carbons (Fsp3) is 0.826. The Kier molecular flexibility index (Phi) is 23.1. The van der Waals surface area contributed by atoms with Crippen molar-refractivity contribution in [3.63, 3.8) is 0 Å². The molecule has 0 bridgehead atoms. The van der Waals surface area contributed by atoms with Crippen LogP contribution in [0.3, 0.4) is 0 Å². The minimum Gasteiger partial charge on any atom is -0.493 e. The van der Waals surface area contributed by atoms with Gasteiger partial charge in [0.2, 0.25) is 6.29 Å². The van der Waals surface area contributed by atoms with Gasteiger partial charge in [-0.1, -0.05) is 66.2 Å². The van der Waals surface area contributed by atoms with Gasteiger partial charge in [-0.05, 0) is 140 Å². The van der Waals surface area contributed by atoms with Crippen molar-refractivity contribution in [2.45, 2.75) is 274 Å². The van der Waals surface area contributed by atoms with Crippen molar-refractivity contribution in [3.05, 3.63) is 41.5 Å². The molecule has 1 aromatic carbocycles. The Morgan fingerprint density at radius 3 is 1.76 bits per heavy atom. The molecule has 32 atom stereocenters. The number of carbonyl (C=O) groups excluding carboxylic acids is 1. The fourth-order valence-electron chi connectivity index (χ4n) is 18.6. The number of ether oxygens (including phenoxy) is 12. The third-order valence-electron chi connectivity index (χ3n) is 24.5. The van der Waals surface area contributed by atoms with E-state index in [4.69, 9.17) is 61.9 Å². The molecule has 4 saturated carbocycles. The molecule has 32 unspecified atom stereocenters. The van der Waals surface area contributed by atoms with Gasteiger partial charge >= 0.3 is 11.9 Å². The van der Waals surface area contributed by atoms with Crippen molar-refractivity contribution in [2.75, 3.05) is 34.0 Å². The molecule has 5 aliphatic heterocycles. The first kappa shape index (κ1) is 76.9. The number of carboxylic acid groups (broad SMARTS) is 1. The second-order valence-corrected chi connectivity index (χ2v) is 31.0. The predicted molar refractivity (Wildman–Crippen MR) is 338 cm³/mol. The summed E-state index contributed by atoms with van der Waals surface area (Å²) in [7, 11) is 3.08. The lowest BCUT2D eigenvalue weighted by molar-refractivity contribution is -0.374. The van der Waals surface area contributed by atoms with E-state index in [0.29, 0.717) is 37.2 Å². The van der Waals surface area contributed by atoms with Crippen molar-refractivity contribution < 1.29 is 143 Å². The number of hydrogen-bond acceptors (Lipinski definition) is 28. The number of benzene rings is 1. The van der Waals surface area contributed by atoms with Crippen molar-refractivity contribution >= 4 is 18.0 Å². The van der Waals surface area contributed by atoms with Crippen LogP contribution in [0.25, 0.3) is 6.08 Å². The first-order valence-corrected chi connectivity index (χ1v) is 34.3. The molecule has 0 spiro atoms. The molecule has 556 valence electrons. The SMILES string of the molecule is CC1OC(OC2CCC3(C)C(CCC4(C)C3CC=C3C5CC(C)(C)CCC5(C(=O)OC5OCC(O)C(O)C5OC5OC(C)C(OC6OC(CO)C(O)C(O)C6O)C(O)C5O)C(O)CC34C)C2(C)C)C(O)C(O)C1OC1OCC(O)C(O)C1O.COc1ccc(C=CC(=O)O)cc1OC. The van der Waals surface area contributed by atoms with Crippen LogP contribution in [-0.4, -0.2) is 276 Å². The van der Waals surface area contributed by atoms with E-state index in [-0.39, 0.29) is 47.5 Å². The number of esters is 1. The van der Waals surface area contributed by atoms with E-state index < -0.39 is 201 Å². The van der Waals surface area contributed by atoms with Gasteiger partial charge in [0.15, 0.2) is 42.8 Å². The Hall–Kier alpha value is -3.68. The smallest absolute Gasteiger partial charge is 0.328 e. The van der Waals surface area contributed by atoms with E-state index >= 15 is 4.79 Å². The number of hydrogen-bond donors (Lipinski definition) is 15. The summed E-state index contributed by atoms with van der Waals surface area (Å²) in [6, 6.07) is 5.18. The lowest BCUT2D eigenvalue weighted by Crippen LogP contribution is -2.68. The summed E-state index contributed by atoms with van der Waals surface area (Å²) in [6.07, 6.45) is -26.7. The third-order valence-corrected chi connectivity index (χ3v) is 24.5. The zero-order valence-electron chi connectivity index (χ0n) is 57.5. The van der Waals surface area contributed by atoms with Gasteiger partial charge in [-0.15, -0.1) is 0 Å². The van der Waals surface area contributed by atoms with Crippen LogP contribution in [0.15, 0.2) is 35.9 Å². The zero-order chi connectivity index (χ0) is 71.8. The highest BCUT2D eigenvalue weighted by atomic mass is 16.8. The molecule has 29 heteroatoms. The molecular weight excluding hydrogens is 1290 g/mol. The fourth-order valence-corrected chi connectivity index (χ4v) is 18.6. The molecule has 15 N–H and O–H groups in total. The first-order valence-electron chi connectivity index (χ1n) is 34.3. The molecule has 9 fully saturated rings. The third kappa shape index (κ3) is 13.9. The van der Waals surface area contributed by atoms with Gasteiger partial charge in [0.25, 0.3) is 0 Å². The highest BCUT2D eigenvalue weighted by Crippen LogP contribution is 2.76. The van der Waals surface area contributed by atoms with Crippen LogP contribution in [0.2, 0.25) is 0 Å². The molecule has 0 aromatic heterocycles. The van der Waals surface area contributed by atoms with Crippen molar-refractivity contribution in [1.29, 1.82) is 0 Å². The van der Waals surface area contributed by atoms with Gasteiger partial charge in [0.05, 0.1) is 58.5 Å². The lowest BCUT2D eigenvalue weighted by atomic mass is 9.33. The number of rotatable bonds is 15. The summed E-state index contributed by atoms with van der Waals surface area (Å²) < 4.78 is 69.7. The summed E-state index contributed by atoms with van der Waals surface area (Å²) in [5.74, 6) is -0.794. The van der Waals surface area contributed by atoms with E-state index in [0.717, 1.165) is 36.5 Å². The maximum atomic E-state index is 15.4. The second-order valence-electron chi connectivity index (χ2n) is 31.0. The molecule has 10 aliphatic rings. The Morgan fingerprint density at radius 1 is 0.582 bits per heavy atom. The van der Waals surface area contributed by atoms with Gasteiger partial charge in [0, 0.05) is 6.08 Å². The van der Waals surface area contributed by atoms with Crippen molar-refractivity contribution in [3.8, 4) is 11.5 Å². The van der Waals surface area contributed by atoms with Crippen molar-refractivity contribution in [2.24, 2.45) is 50.2 Å². The Labute approximate surface area is 570 Å².